The summed E-state index contributed by atoms with van der Waals surface area (Å²) in [7, 11) is 0. The highest BCUT2D eigenvalue weighted by Crippen LogP contribution is 2.49. The lowest BCUT2D eigenvalue weighted by Gasteiger charge is -2.33. The van der Waals surface area contributed by atoms with Crippen LogP contribution in [0.5, 0.6) is 5.75 Å². The van der Waals surface area contributed by atoms with E-state index in [2.05, 4.69) is 0 Å². The van der Waals surface area contributed by atoms with E-state index < -0.39 is 12.1 Å². The molecule has 3 N–H and O–H groups in total. The number of carboxylic acid groups (broad SMARTS) is 1. The van der Waals surface area contributed by atoms with Crippen molar-refractivity contribution in [2.75, 3.05) is 6.61 Å². The van der Waals surface area contributed by atoms with Crippen molar-refractivity contribution in [2.45, 2.75) is 61.7 Å². The van der Waals surface area contributed by atoms with Crippen molar-refractivity contribution >= 4 is 17.7 Å². The van der Waals surface area contributed by atoms with E-state index >= 15 is 0 Å². The molecule has 0 aromatic heterocycles. The lowest BCUT2D eigenvalue weighted by Crippen LogP contribution is -2.27. The molecule has 1 saturated heterocycles. The molecular weight excluding hydrogens is 388 g/mol. The van der Waals surface area contributed by atoms with E-state index in [1.54, 1.807) is 13.0 Å². The maximum absolute atomic E-state index is 11.0. The van der Waals surface area contributed by atoms with E-state index in [-0.39, 0.29) is 24.5 Å². The number of ether oxygens (including phenoxy) is 1. The number of para-hydroxylation sites is 1. The van der Waals surface area contributed by atoms with Gasteiger partial charge in [0.05, 0.1) is 12.0 Å². The second kappa shape index (κ2) is 10.5. The van der Waals surface area contributed by atoms with Crippen LogP contribution in [-0.2, 0) is 4.79 Å². The van der Waals surface area contributed by atoms with Crippen molar-refractivity contribution in [3.8, 4) is 5.75 Å². The summed E-state index contributed by atoms with van der Waals surface area (Å²) in [6.45, 7) is 1.96. The Labute approximate surface area is 177 Å². The maximum Gasteiger partial charge on any atom is 0.306 e. The predicted molar refractivity (Wildman–Crippen MR) is 115 cm³/mol. The highest BCUT2D eigenvalue weighted by Gasteiger charge is 2.44. The lowest BCUT2D eigenvalue weighted by molar-refractivity contribution is -0.141. The van der Waals surface area contributed by atoms with Crippen molar-refractivity contribution < 1.29 is 24.9 Å². The monoisotopic (exact) mass is 420 g/mol. The minimum Gasteiger partial charge on any atom is -0.491 e. The highest BCUT2D eigenvalue weighted by atomic mass is 32.2. The number of hydrogen-bond acceptors (Lipinski definition) is 5. The summed E-state index contributed by atoms with van der Waals surface area (Å²) in [5.41, 5.74) is 0. The topological polar surface area (TPSA) is 87.0 Å². The molecule has 0 spiro atoms. The van der Waals surface area contributed by atoms with Gasteiger partial charge in [0.15, 0.2) is 0 Å². The molecule has 1 heterocycles. The van der Waals surface area contributed by atoms with Gasteiger partial charge >= 0.3 is 5.97 Å². The average molecular weight is 421 g/mol. The first-order valence-corrected chi connectivity index (χ1v) is 11.5. The number of carboxylic acids is 1. The Morgan fingerprint density at radius 2 is 2.07 bits per heavy atom. The molecule has 1 unspecified atom stereocenters. The molecule has 7 atom stereocenters. The Morgan fingerprint density at radius 1 is 1.31 bits per heavy atom. The maximum atomic E-state index is 11.0. The molecule has 160 valence electrons. The Hall–Kier alpha value is -1.50. The summed E-state index contributed by atoms with van der Waals surface area (Å²) in [6, 6.07) is 9.41. The van der Waals surface area contributed by atoms with E-state index in [4.69, 9.17) is 9.84 Å². The molecule has 2 aliphatic rings. The molecule has 1 saturated carbocycles. The van der Waals surface area contributed by atoms with Crippen LogP contribution in [0.1, 0.15) is 39.0 Å². The molecule has 29 heavy (non-hydrogen) atoms. The Bertz CT molecular complexity index is 679. The van der Waals surface area contributed by atoms with Crippen LogP contribution in [0.15, 0.2) is 42.5 Å². The highest BCUT2D eigenvalue weighted by molar-refractivity contribution is 8.00. The van der Waals surface area contributed by atoms with Gasteiger partial charge in [-0.25, -0.2) is 0 Å². The average Bonchev–Trinajstić information content (AvgIpc) is 3.03. The second-order valence-corrected chi connectivity index (χ2v) is 9.86. The van der Waals surface area contributed by atoms with Gasteiger partial charge in [-0.05, 0) is 50.2 Å². The summed E-state index contributed by atoms with van der Waals surface area (Å²) in [4.78, 5) is 11.0. The fraction of sp³-hybridized carbons (Fsp3) is 0.609. The van der Waals surface area contributed by atoms with E-state index in [0.717, 1.165) is 31.4 Å². The number of aliphatic hydroxyl groups is 2. The van der Waals surface area contributed by atoms with Gasteiger partial charge in [0, 0.05) is 16.4 Å². The normalized spacial score (nSPS) is 31.3. The zero-order chi connectivity index (χ0) is 20.8. The summed E-state index contributed by atoms with van der Waals surface area (Å²) in [6.07, 6.45) is 7.16. The van der Waals surface area contributed by atoms with Gasteiger partial charge in [0.1, 0.15) is 18.5 Å². The number of rotatable bonds is 9. The standard InChI is InChI=1S/C23H32O5S/c1-15(23(26)27)7-9-18-10-12-20-19(21(25)13-22(20)29-18)11-8-16(24)14-28-17-5-3-2-4-6-17/h2-6,8,11,15-16,18-22,24-25H,7,9-10,12-14H2,1H3,(H,26,27)/t15?,16-,18-,19-,20-,21-,22+/m1/s1. The number of carbonyl (C=O) groups is 1. The minimum absolute atomic E-state index is 0.0674. The van der Waals surface area contributed by atoms with E-state index in [9.17, 15) is 15.0 Å². The first kappa shape index (κ1) is 22.2. The molecule has 5 nitrogen and oxygen atoms in total. The largest absolute Gasteiger partial charge is 0.491 e. The molecule has 6 heteroatoms. The molecule has 1 aromatic rings. The van der Waals surface area contributed by atoms with E-state index in [0.29, 0.717) is 22.8 Å². The lowest BCUT2D eigenvalue weighted by atomic mass is 9.88. The predicted octanol–water partition coefficient (Wildman–Crippen LogP) is 3.74. The van der Waals surface area contributed by atoms with Gasteiger partial charge in [-0.2, -0.15) is 11.8 Å². The zero-order valence-corrected chi connectivity index (χ0v) is 17.7. The molecule has 2 fully saturated rings. The molecule has 0 amide bonds. The van der Waals surface area contributed by atoms with E-state index in [1.165, 1.54) is 0 Å². The SMILES string of the molecule is CC(CC[C@@H]1CC[C@@H]2[C@@H](C=C[C@@H](O)COc3ccccc3)[C@H](O)C[C@@H]2S1)C(=O)O. The second-order valence-electron chi connectivity index (χ2n) is 8.31. The van der Waals surface area contributed by atoms with Crippen LogP contribution in [0.4, 0.5) is 0 Å². The van der Waals surface area contributed by atoms with Crippen LogP contribution in [0.25, 0.3) is 0 Å². The van der Waals surface area contributed by atoms with Gasteiger partial charge in [-0.1, -0.05) is 37.3 Å². The van der Waals surface area contributed by atoms with Crippen LogP contribution in [0.3, 0.4) is 0 Å². The van der Waals surface area contributed by atoms with Crippen molar-refractivity contribution in [3.05, 3.63) is 42.5 Å². The number of aliphatic hydroxyl groups excluding tert-OH is 2. The third-order valence-electron chi connectivity index (χ3n) is 6.14. The summed E-state index contributed by atoms with van der Waals surface area (Å²) in [5.74, 6) is 0.199. The van der Waals surface area contributed by atoms with Crippen molar-refractivity contribution in [1.29, 1.82) is 0 Å². The quantitative estimate of drug-likeness (QED) is 0.528. The van der Waals surface area contributed by atoms with Crippen LogP contribution >= 0.6 is 11.8 Å². The molecule has 1 aliphatic heterocycles. The molecular formula is C23H32O5S. The number of hydrogen-bond donors (Lipinski definition) is 3. The number of thioether (sulfide) groups is 1. The van der Waals surface area contributed by atoms with Gasteiger partial charge in [0.25, 0.3) is 0 Å². The molecule has 1 aliphatic carbocycles. The van der Waals surface area contributed by atoms with Crippen molar-refractivity contribution in [1.82, 2.24) is 0 Å². The third kappa shape index (κ3) is 6.24. The fourth-order valence-corrected chi connectivity index (χ4v) is 6.25. The number of aliphatic carboxylic acids is 1. The molecule has 1 aromatic carbocycles. The first-order chi connectivity index (χ1) is 13.9. The van der Waals surface area contributed by atoms with Crippen molar-refractivity contribution in [3.63, 3.8) is 0 Å². The minimum atomic E-state index is -0.722. The zero-order valence-electron chi connectivity index (χ0n) is 16.9. The Balaban J connectivity index is 1.47. The fourth-order valence-electron chi connectivity index (χ4n) is 4.38. The van der Waals surface area contributed by atoms with Gasteiger partial charge in [-0.3, -0.25) is 4.79 Å². The first-order valence-electron chi connectivity index (χ1n) is 10.5. The van der Waals surface area contributed by atoms with E-state index in [1.807, 2.05) is 48.2 Å². The summed E-state index contributed by atoms with van der Waals surface area (Å²) < 4.78 is 5.58. The van der Waals surface area contributed by atoms with Gasteiger partial charge < -0.3 is 20.1 Å². The summed E-state index contributed by atoms with van der Waals surface area (Å²) >= 11 is 1.93. The van der Waals surface area contributed by atoms with Crippen LogP contribution in [-0.4, -0.2) is 50.6 Å². The molecule has 0 radical (unpaired) electrons. The number of benzene rings is 1. The summed E-state index contributed by atoms with van der Waals surface area (Å²) in [5, 5.41) is 30.7. The Morgan fingerprint density at radius 3 is 2.79 bits per heavy atom. The van der Waals surface area contributed by atoms with Gasteiger partial charge in [0.2, 0.25) is 0 Å². The van der Waals surface area contributed by atoms with Crippen molar-refractivity contribution in [2.24, 2.45) is 17.8 Å². The van der Waals surface area contributed by atoms with Crippen LogP contribution in [0, 0.1) is 17.8 Å². The Kier molecular flexibility index (Phi) is 8.04. The molecule has 0 bridgehead atoms. The van der Waals surface area contributed by atoms with Crippen LogP contribution < -0.4 is 4.74 Å². The number of fused-ring (bicyclic) bond motifs is 1. The third-order valence-corrected chi connectivity index (χ3v) is 7.89. The van der Waals surface area contributed by atoms with Gasteiger partial charge in [-0.15, -0.1) is 0 Å². The molecule has 3 rings (SSSR count). The van der Waals surface area contributed by atoms with Crippen LogP contribution in [0.2, 0.25) is 0 Å². The smallest absolute Gasteiger partial charge is 0.306 e.